The largest absolute Gasteiger partial charge is 0.160 e. The van der Waals surface area contributed by atoms with Crippen molar-refractivity contribution < 1.29 is 0 Å². The van der Waals surface area contributed by atoms with Crippen LogP contribution < -0.4 is 0 Å². The molecular weight excluding hydrogens is 184 g/mol. The van der Waals surface area contributed by atoms with Gasteiger partial charge in [0.15, 0.2) is 0 Å². The van der Waals surface area contributed by atoms with Crippen molar-refractivity contribution in [3.63, 3.8) is 0 Å². The molecule has 78 valence electrons. The van der Waals surface area contributed by atoms with Crippen molar-refractivity contribution in [2.45, 2.75) is 32.1 Å². The van der Waals surface area contributed by atoms with Gasteiger partial charge in [0.05, 0.1) is 6.21 Å². The highest BCUT2D eigenvalue weighted by Crippen LogP contribution is 2.14. The standard InChI is InChI=1S/C13H16N2/c1-3-7-12(8-4-1)11-14-15-13-9-5-2-6-10-13/h1,3-4,7-8,11H,2,5-6,9-10H2/b14-11+. The maximum Gasteiger partial charge on any atom is 0.0568 e. The summed E-state index contributed by atoms with van der Waals surface area (Å²) in [5, 5.41) is 8.39. The Balaban J connectivity index is 1.94. The van der Waals surface area contributed by atoms with Crippen LogP contribution in [0.5, 0.6) is 0 Å². The second-order valence-corrected chi connectivity index (χ2v) is 3.88. The van der Waals surface area contributed by atoms with Crippen molar-refractivity contribution in [2.24, 2.45) is 10.2 Å². The van der Waals surface area contributed by atoms with E-state index in [1.165, 1.54) is 25.0 Å². The highest BCUT2D eigenvalue weighted by Gasteiger charge is 2.05. The average molecular weight is 200 g/mol. The van der Waals surface area contributed by atoms with Crippen LogP contribution in [0.25, 0.3) is 0 Å². The van der Waals surface area contributed by atoms with Crippen LogP contribution in [-0.2, 0) is 0 Å². The Bertz CT molecular complexity index is 344. The number of hydrogen-bond donors (Lipinski definition) is 0. The quantitative estimate of drug-likeness (QED) is 0.516. The molecule has 0 amide bonds. The van der Waals surface area contributed by atoms with Gasteiger partial charge in [-0.25, -0.2) is 0 Å². The molecule has 0 radical (unpaired) electrons. The molecule has 1 saturated carbocycles. The van der Waals surface area contributed by atoms with Gasteiger partial charge >= 0.3 is 0 Å². The van der Waals surface area contributed by atoms with Crippen molar-refractivity contribution in [2.75, 3.05) is 0 Å². The van der Waals surface area contributed by atoms with Gasteiger partial charge in [-0.2, -0.15) is 10.2 Å². The maximum atomic E-state index is 4.26. The van der Waals surface area contributed by atoms with Gasteiger partial charge in [0.2, 0.25) is 0 Å². The minimum Gasteiger partial charge on any atom is -0.160 e. The molecule has 1 aromatic rings. The first-order valence-electron chi connectivity index (χ1n) is 5.59. The van der Waals surface area contributed by atoms with E-state index in [2.05, 4.69) is 10.2 Å². The Morgan fingerprint density at radius 3 is 2.40 bits per heavy atom. The lowest BCUT2D eigenvalue weighted by molar-refractivity contribution is 0.664. The molecule has 0 aromatic heterocycles. The normalized spacial score (nSPS) is 16.9. The Labute approximate surface area is 90.7 Å². The predicted octanol–water partition coefficient (Wildman–Crippen LogP) is 3.43. The summed E-state index contributed by atoms with van der Waals surface area (Å²) in [5.74, 6) is 0. The Hall–Kier alpha value is -1.44. The highest BCUT2D eigenvalue weighted by atomic mass is 15.2. The second kappa shape index (κ2) is 5.44. The van der Waals surface area contributed by atoms with E-state index in [0.717, 1.165) is 18.4 Å². The van der Waals surface area contributed by atoms with Crippen LogP contribution in [-0.4, -0.2) is 11.9 Å². The van der Waals surface area contributed by atoms with E-state index in [1.54, 1.807) is 0 Å². The van der Waals surface area contributed by atoms with E-state index in [-0.39, 0.29) is 0 Å². The molecule has 2 rings (SSSR count). The number of benzene rings is 1. The van der Waals surface area contributed by atoms with Crippen LogP contribution in [0.2, 0.25) is 0 Å². The molecule has 0 aliphatic heterocycles. The monoisotopic (exact) mass is 200 g/mol. The molecule has 0 spiro atoms. The highest BCUT2D eigenvalue weighted by molar-refractivity contribution is 5.86. The fourth-order valence-electron chi connectivity index (χ4n) is 1.78. The lowest BCUT2D eigenvalue weighted by atomic mass is 9.99. The van der Waals surface area contributed by atoms with Crippen molar-refractivity contribution in [1.29, 1.82) is 0 Å². The number of hydrogen-bond acceptors (Lipinski definition) is 2. The van der Waals surface area contributed by atoms with Crippen molar-refractivity contribution in [3.05, 3.63) is 35.9 Å². The Kier molecular flexibility index (Phi) is 3.66. The Morgan fingerprint density at radius 2 is 1.67 bits per heavy atom. The van der Waals surface area contributed by atoms with Crippen LogP contribution in [0, 0.1) is 0 Å². The number of rotatable bonds is 2. The second-order valence-electron chi connectivity index (χ2n) is 3.88. The van der Waals surface area contributed by atoms with Gasteiger partial charge in [0, 0.05) is 5.71 Å². The summed E-state index contributed by atoms with van der Waals surface area (Å²) in [6, 6.07) is 10.1. The molecule has 1 aliphatic rings. The molecule has 0 heterocycles. The lowest BCUT2D eigenvalue weighted by Crippen LogP contribution is -2.03. The first-order valence-corrected chi connectivity index (χ1v) is 5.59. The molecule has 1 aromatic carbocycles. The summed E-state index contributed by atoms with van der Waals surface area (Å²) in [5.41, 5.74) is 2.37. The van der Waals surface area contributed by atoms with Gasteiger partial charge in [0.25, 0.3) is 0 Å². The third-order valence-electron chi connectivity index (χ3n) is 2.64. The third kappa shape index (κ3) is 3.31. The summed E-state index contributed by atoms with van der Waals surface area (Å²) in [4.78, 5) is 0. The topological polar surface area (TPSA) is 24.7 Å². The molecule has 1 fully saturated rings. The molecule has 2 heteroatoms. The van der Waals surface area contributed by atoms with E-state index in [1.807, 2.05) is 36.5 Å². The summed E-state index contributed by atoms with van der Waals surface area (Å²) >= 11 is 0. The fourth-order valence-corrected chi connectivity index (χ4v) is 1.78. The van der Waals surface area contributed by atoms with Gasteiger partial charge in [-0.3, -0.25) is 0 Å². The van der Waals surface area contributed by atoms with E-state index in [4.69, 9.17) is 0 Å². The van der Waals surface area contributed by atoms with E-state index in [0.29, 0.717) is 0 Å². The fraction of sp³-hybridized carbons (Fsp3) is 0.385. The number of nitrogens with zero attached hydrogens (tertiary/aromatic N) is 2. The predicted molar refractivity (Wildman–Crippen MR) is 64.6 cm³/mol. The molecule has 0 bridgehead atoms. The summed E-state index contributed by atoms with van der Waals surface area (Å²) < 4.78 is 0. The summed E-state index contributed by atoms with van der Waals surface area (Å²) in [7, 11) is 0. The molecule has 0 unspecified atom stereocenters. The van der Waals surface area contributed by atoms with Crippen LogP contribution in [0.4, 0.5) is 0 Å². The van der Waals surface area contributed by atoms with Crippen LogP contribution in [0.1, 0.15) is 37.7 Å². The van der Waals surface area contributed by atoms with Gasteiger partial charge in [-0.1, -0.05) is 36.8 Å². The average Bonchev–Trinajstić information content (AvgIpc) is 2.32. The van der Waals surface area contributed by atoms with Gasteiger partial charge in [-0.15, -0.1) is 0 Å². The van der Waals surface area contributed by atoms with Gasteiger partial charge in [0.1, 0.15) is 0 Å². The lowest BCUT2D eigenvalue weighted by Gasteiger charge is -2.09. The maximum absolute atomic E-state index is 4.26. The van der Waals surface area contributed by atoms with Crippen LogP contribution in [0.3, 0.4) is 0 Å². The minimum absolute atomic E-state index is 1.11. The van der Waals surface area contributed by atoms with Crippen molar-refractivity contribution >= 4 is 11.9 Å². The molecule has 0 atom stereocenters. The van der Waals surface area contributed by atoms with E-state index >= 15 is 0 Å². The van der Waals surface area contributed by atoms with Crippen molar-refractivity contribution in [3.8, 4) is 0 Å². The minimum atomic E-state index is 1.11. The van der Waals surface area contributed by atoms with E-state index in [9.17, 15) is 0 Å². The summed E-state index contributed by atoms with van der Waals surface area (Å²) in [6.45, 7) is 0. The molecular formula is C13H16N2. The van der Waals surface area contributed by atoms with Crippen molar-refractivity contribution in [1.82, 2.24) is 0 Å². The van der Waals surface area contributed by atoms with Crippen LogP contribution >= 0.6 is 0 Å². The first kappa shape index (κ1) is 10.1. The molecule has 0 saturated heterocycles. The van der Waals surface area contributed by atoms with Gasteiger partial charge in [-0.05, 0) is 31.2 Å². The molecule has 15 heavy (non-hydrogen) atoms. The Morgan fingerprint density at radius 1 is 0.933 bits per heavy atom. The smallest absolute Gasteiger partial charge is 0.0568 e. The molecule has 2 nitrogen and oxygen atoms in total. The zero-order valence-corrected chi connectivity index (χ0v) is 8.89. The van der Waals surface area contributed by atoms with Crippen LogP contribution in [0.15, 0.2) is 40.5 Å². The SMILES string of the molecule is C(=N\N=C1CCCCC1)/c1ccccc1. The van der Waals surface area contributed by atoms with Gasteiger partial charge < -0.3 is 0 Å². The summed E-state index contributed by atoms with van der Waals surface area (Å²) in [6.07, 6.45) is 7.99. The third-order valence-corrected chi connectivity index (χ3v) is 2.64. The zero-order valence-electron chi connectivity index (χ0n) is 8.89. The van der Waals surface area contributed by atoms with E-state index < -0.39 is 0 Å². The molecule has 0 N–H and O–H groups in total. The molecule has 1 aliphatic carbocycles. The first-order chi connectivity index (χ1) is 7.45. The zero-order chi connectivity index (χ0) is 10.3.